The number of ether oxygens (including phenoxy) is 1. The van der Waals surface area contributed by atoms with E-state index in [9.17, 15) is 14.0 Å². The highest BCUT2D eigenvalue weighted by atomic mass is 19.1. The van der Waals surface area contributed by atoms with Gasteiger partial charge in [0.15, 0.2) is 0 Å². The minimum absolute atomic E-state index is 0.0471. The Morgan fingerprint density at radius 1 is 1.00 bits per heavy atom. The Hall–Kier alpha value is -4.19. The predicted molar refractivity (Wildman–Crippen MR) is 150 cm³/mol. The van der Waals surface area contributed by atoms with Crippen molar-refractivity contribution >= 4 is 22.6 Å². The van der Waals surface area contributed by atoms with Crippen molar-refractivity contribution < 1.29 is 23.8 Å². The van der Waals surface area contributed by atoms with Crippen molar-refractivity contribution in [1.29, 1.82) is 0 Å². The molecule has 2 N–H and O–H groups in total. The van der Waals surface area contributed by atoms with Gasteiger partial charge >= 0.3 is 5.97 Å². The second-order valence-corrected chi connectivity index (χ2v) is 10.2. The number of carbonyl (C=O) groups is 2. The van der Waals surface area contributed by atoms with Crippen LogP contribution in [0.1, 0.15) is 59.2 Å². The molecule has 0 aliphatic heterocycles. The number of carboxylic acid groups (broad SMARTS) is 1. The molecule has 1 aliphatic carbocycles. The van der Waals surface area contributed by atoms with Crippen LogP contribution in [0.3, 0.4) is 0 Å². The van der Waals surface area contributed by atoms with Crippen LogP contribution < -0.4 is 10.1 Å². The fourth-order valence-corrected chi connectivity index (χ4v) is 6.14. The number of nitrogens with one attached hydrogen (secondary N) is 1. The maximum absolute atomic E-state index is 14.9. The summed E-state index contributed by atoms with van der Waals surface area (Å²) in [6.45, 7) is 2.28. The summed E-state index contributed by atoms with van der Waals surface area (Å²) in [4.78, 5) is 23.4. The lowest BCUT2D eigenvalue weighted by Gasteiger charge is -2.32. The van der Waals surface area contributed by atoms with E-state index >= 15 is 0 Å². The molecule has 1 saturated carbocycles. The Kier molecular flexibility index (Phi) is 7.38. The van der Waals surface area contributed by atoms with Crippen molar-refractivity contribution in [3.63, 3.8) is 0 Å². The van der Waals surface area contributed by atoms with Crippen molar-refractivity contribution in [2.75, 3.05) is 13.7 Å². The molecule has 3 atom stereocenters. The summed E-state index contributed by atoms with van der Waals surface area (Å²) in [6.07, 6.45) is 1.83. The van der Waals surface area contributed by atoms with Crippen LogP contribution in [0.4, 0.5) is 4.39 Å². The van der Waals surface area contributed by atoms with Crippen molar-refractivity contribution in [2.24, 2.45) is 5.92 Å². The summed E-state index contributed by atoms with van der Waals surface area (Å²) >= 11 is 0. The molecule has 0 aromatic heterocycles. The number of hydrogen-bond acceptors (Lipinski definition) is 3. The Morgan fingerprint density at radius 3 is 2.31 bits per heavy atom. The number of rotatable bonds is 10. The fourth-order valence-electron chi connectivity index (χ4n) is 6.14. The lowest BCUT2D eigenvalue weighted by molar-refractivity contribution is -0.136. The summed E-state index contributed by atoms with van der Waals surface area (Å²) in [5, 5.41) is 13.0. The normalized spacial score (nSPS) is 18.9. The van der Waals surface area contributed by atoms with E-state index in [1.54, 1.807) is 13.2 Å². The predicted octanol–water partition coefficient (Wildman–Crippen LogP) is 6.69. The maximum Gasteiger partial charge on any atom is 0.305 e. The van der Waals surface area contributed by atoms with Gasteiger partial charge in [0.1, 0.15) is 11.6 Å². The van der Waals surface area contributed by atoms with E-state index in [-0.39, 0.29) is 36.0 Å². The molecular weight excluding hydrogens is 493 g/mol. The third-order valence-electron chi connectivity index (χ3n) is 8.13. The van der Waals surface area contributed by atoms with Crippen molar-refractivity contribution in [1.82, 2.24) is 5.32 Å². The highest BCUT2D eigenvalue weighted by Gasteiger charge is 2.59. The number of fused-ring (bicyclic) bond motifs is 1. The van der Waals surface area contributed by atoms with Crippen LogP contribution in [-0.2, 0) is 10.2 Å². The van der Waals surface area contributed by atoms with Crippen LogP contribution in [0.5, 0.6) is 5.75 Å². The third-order valence-corrected chi connectivity index (χ3v) is 8.13. The van der Waals surface area contributed by atoms with E-state index < -0.39 is 5.97 Å². The van der Waals surface area contributed by atoms with Crippen LogP contribution >= 0.6 is 0 Å². The monoisotopic (exact) mass is 525 g/mol. The van der Waals surface area contributed by atoms with Crippen LogP contribution in [0.25, 0.3) is 10.8 Å². The zero-order valence-electron chi connectivity index (χ0n) is 22.1. The van der Waals surface area contributed by atoms with Gasteiger partial charge in [-0.1, -0.05) is 67.9 Å². The van der Waals surface area contributed by atoms with Gasteiger partial charge in [-0.25, -0.2) is 4.39 Å². The molecule has 39 heavy (non-hydrogen) atoms. The molecule has 1 aliphatic rings. The number of aliphatic carboxylic acids is 1. The largest absolute Gasteiger partial charge is 0.497 e. The molecule has 5 nitrogen and oxygen atoms in total. The fraction of sp³-hybridized carbons (Fsp3) is 0.273. The summed E-state index contributed by atoms with van der Waals surface area (Å²) in [7, 11) is 1.65. The third kappa shape index (κ3) is 4.99. The first-order valence-electron chi connectivity index (χ1n) is 13.3. The molecular formula is C33H32FNO4. The van der Waals surface area contributed by atoms with Gasteiger partial charge in [-0.3, -0.25) is 9.59 Å². The van der Waals surface area contributed by atoms with Gasteiger partial charge in [0, 0.05) is 28.8 Å². The van der Waals surface area contributed by atoms with Crippen LogP contribution in [0.15, 0.2) is 84.9 Å². The molecule has 6 heteroatoms. The van der Waals surface area contributed by atoms with E-state index in [0.717, 1.165) is 40.7 Å². The molecule has 200 valence electrons. The number of halogens is 1. The number of methoxy groups -OCH3 is 1. The second kappa shape index (κ2) is 10.9. The van der Waals surface area contributed by atoms with Gasteiger partial charge in [0.25, 0.3) is 5.91 Å². The summed E-state index contributed by atoms with van der Waals surface area (Å²) in [6, 6.07) is 26.9. The standard InChI is InChI=1S/C33H32FNO4/c1-3-23-20-33(23,24-12-8-22(9-13-24)32(38)35-19-18-30(36)37)31(21-10-14-25(39-2)15-11-21)28-16-17-29(34)27-7-5-4-6-26(27)28/h4-17,23,31H,3,18-20H2,1-2H3,(H,35,38)(H,36,37). The Bertz CT molecular complexity index is 1500. The highest BCUT2D eigenvalue weighted by Crippen LogP contribution is 2.65. The quantitative estimate of drug-likeness (QED) is 0.242. The number of hydrogen-bond donors (Lipinski definition) is 2. The zero-order valence-corrected chi connectivity index (χ0v) is 22.1. The SMILES string of the molecule is CCC1CC1(c1ccc(C(=O)NCCC(=O)O)cc1)C(c1ccc(OC)cc1)c1ccc(F)c2ccccc12. The van der Waals surface area contributed by atoms with Crippen LogP contribution in [0, 0.1) is 11.7 Å². The van der Waals surface area contributed by atoms with Crippen molar-refractivity contribution in [3.8, 4) is 5.75 Å². The number of carbonyl (C=O) groups excluding carboxylic acids is 1. The van der Waals surface area contributed by atoms with E-state index in [1.807, 2.05) is 66.7 Å². The topological polar surface area (TPSA) is 75.6 Å². The van der Waals surface area contributed by atoms with Gasteiger partial charge in [-0.15, -0.1) is 0 Å². The maximum atomic E-state index is 14.9. The molecule has 1 fully saturated rings. The highest BCUT2D eigenvalue weighted by molar-refractivity contribution is 5.94. The van der Waals surface area contributed by atoms with Gasteiger partial charge in [-0.05, 0) is 64.7 Å². The summed E-state index contributed by atoms with van der Waals surface area (Å²) in [5.41, 5.74) is 3.58. The molecule has 0 saturated heterocycles. The van der Waals surface area contributed by atoms with Gasteiger partial charge in [0.2, 0.25) is 0 Å². The lowest BCUT2D eigenvalue weighted by Crippen LogP contribution is -2.26. The number of amides is 1. The van der Waals surface area contributed by atoms with E-state index in [1.165, 1.54) is 0 Å². The van der Waals surface area contributed by atoms with Gasteiger partial charge < -0.3 is 15.2 Å². The molecule has 0 bridgehead atoms. The van der Waals surface area contributed by atoms with E-state index in [0.29, 0.717) is 16.9 Å². The molecule has 3 unspecified atom stereocenters. The molecule has 0 heterocycles. The average Bonchev–Trinajstić information content (AvgIpc) is 3.70. The van der Waals surface area contributed by atoms with Crippen LogP contribution in [-0.4, -0.2) is 30.6 Å². The second-order valence-electron chi connectivity index (χ2n) is 10.2. The average molecular weight is 526 g/mol. The minimum atomic E-state index is -0.954. The lowest BCUT2D eigenvalue weighted by atomic mass is 9.71. The Labute approximate surface area is 227 Å². The van der Waals surface area contributed by atoms with Crippen LogP contribution in [0.2, 0.25) is 0 Å². The Balaban J connectivity index is 1.61. The van der Waals surface area contributed by atoms with Crippen molar-refractivity contribution in [2.45, 2.75) is 37.5 Å². The molecule has 0 radical (unpaired) electrons. The van der Waals surface area contributed by atoms with E-state index in [4.69, 9.17) is 9.84 Å². The molecule has 4 aromatic rings. The molecule has 4 aromatic carbocycles. The molecule has 1 amide bonds. The van der Waals surface area contributed by atoms with Gasteiger partial charge in [0.05, 0.1) is 13.5 Å². The first-order chi connectivity index (χ1) is 18.9. The molecule has 5 rings (SSSR count). The first kappa shape index (κ1) is 26.4. The Morgan fingerprint density at radius 2 is 1.69 bits per heavy atom. The zero-order chi connectivity index (χ0) is 27.6. The smallest absolute Gasteiger partial charge is 0.305 e. The molecule has 0 spiro atoms. The minimum Gasteiger partial charge on any atom is -0.497 e. The van der Waals surface area contributed by atoms with Crippen molar-refractivity contribution in [3.05, 3.63) is 113 Å². The number of benzene rings is 4. The number of carboxylic acids is 1. The van der Waals surface area contributed by atoms with E-state index in [2.05, 4.69) is 24.4 Å². The summed E-state index contributed by atoms with van der Waals surface area (Å²) < 4.78 is 20.3. The van der Waals surface area contributed by atoms with Gasteiger partial charge in [-0.2, -0.15) is 0 Å². The summed E-state index contributed by atoms with van der Waals surface area (Å²) in [5.74, 6) is -0.354. The first-order valence-corrected chi connectivity index (χ1v) is 13.3.